The molecule has 0 bridgehead atoms. The average molecular weight is 244 g/mol. The van der Waals surface area contributed by atoms with Crippen LogP contribution >= 0.6 is 0 Å². The maximum atomic E-state index is 3.70. The highest BCUT2D eigenvalue weighted by atomic mass is 15.2. The van der Waals surface area contributed by atoms with Gasteiger partial charge in [0.05, 0.1) is 0 Å². The minimum Gasteiger partial charge on any atom is -0.311 e. The van der Waals surface area contributed by atoms with Crippen molar-refractivity contribution in [3.8, 4) is 0 Å². The Morgan fingerprint density at radius 3 is 2.78 bits per heavy atom. The maximum absolute atomic E-state index is 3.70. The lowest BCUT2D eigenvalue weighted by molar-refractivity contribution is 0.0815. The Morgan fingerprint density at radius 2 is 1.94 bits per heavy atom. The summed E-state index contributed by atoms with van der Waals surface area (Å²) in [6.45, 7) is 5.65. The third-order valence-corrected chi connectivity index (χ3v) is 4.51. The number of hydrogen-bond donors (Lipinski definition) is 1. The molecule has 1 aliphatic heterocycles. The van der Waals surface area contributed by atoms with Crippen molar-refractivity contribution >= 4 is 0 Å². The van der Waals surface area contributed by atoms with E-state index in [0.29, 0.717) is 0 Å². The molecule has 1 aromatic carbocycles. The Labute approximate surface area is 110 Å². The van der Waals surface area contributed by atoms with Crippen LogP contribution in [0.3, 0.4) is 0 Å². The number of benzene rings is 1. The molecular weight excluding hydrogens is 220 g/mol. The SMILES string of the molecule is Cc1ccc(CN2CCNC3CCCCC32)cc1. The summed E-state index contributed by atoms with van der Waals surface area (Å²) in [4.78, 5) is 2.70. The van der Waals surface area contributed by atoms with Crippen LogP contribution in [-0.2, 0) is 6.54 Å². The van der Waals surface area contributed by atoms with Crippen LogP contribution < -0.4 is 5.32 Å². The zero-order chi connectivity index (χ0) is 12.4. The van der Waals surface area contributed by atoms with Crippen LogP contribution in [0.1, 0.15) is 36.8 Å². The zero-order valence-electron chi connectivity index (χ0n) is 11.4. The Kier molecular flexibility index (Phi) is 3.67. The van der Waals surface area contributed by atoms with E-state index in [1.807, 2.05) is 0 Å². The third-order valence-electron chi connectivity index (χ3n) is 4.51. The van der Waals surface area contributed by atoms with Gasteiger partial charge in [-0.05, 0) is 25.3 Å². The Morgan fingerprint density at radius 1 is 1.17 bits per heavy atom. The molecule has 1 N–H and O–H groups in total. The van der Waals surface area contributed by atoms with Crippen LogP contribution in [0.4, 0.5) is 0 Å². The fourth-order valence-corrected chi connectivity index (χ4v) is 3.47. The molecule has 18 heavy (non-hydrogen) atoms. The highest BCUT2D eigenvalue weighted by molar-refractivity contribution is 5.21. The van der Waals surface area contributed by atoms with Gasteiger partial charge in [0.2, 0.25) is 0 Å². The van der Waals surface area contributed by atoms with Crippen molar-refractivity contribution in [2.75, 3.05) is 13.1 Å². The van der Waals surface area contributed by atoms with Gasteiger partial charge in [0, 0.05) is 31.7 Å². The minimum absolute atomic E-state index is 0.748. The van der Waals surface area contributed by atoms with Gasteiger partial charge in [0.15, 0.2) is 0 Å². The minimum atomic E-state index is 0.748. The van der Waals surface area contributed by atoms with Crippen LogP contribution in [0.25, 0.3) is 0 Å². The predicted molar refractivity (Wildman–Crippen MR) is 75.6 cm³/mol. The molecular formula is C16H24N2. The Balaban J connectivity index is 1.69. The van der Waals surface area contributed by atoms with Crippen LogP contribution in [0.5, 0.6) is 0 Å². The summed E-state index contributed by atoms with van der Waals surface area (Å²) in [5.41, 5.74) is 2.82. The second kappa shape index (κ2) is 5.41. The van der Waals surface area contributed by atoms with E-state index in [1.54, 1.807) is 0 Å². The van der Waals surface area contributed by atoms with Gasteiger partial charge in [-0.1, -0.05) is 42.7 Å². The van der Waals surface area contributed by atoms with E-state index in [2.05, 4.69) is 41.4 Å². The topological polar surface area (TPSA) is 15.3 Å². The predicted octanol–water partition coefficient (Wildman–Crippen LogP) is 2.71. The summed E-state index contributed by atoms with van der Waals surface area (Å²) < 4.78 is 0. The Bertz CT molecular complexity index is 383. The van der Waals surface area contributed by atoms with Crippen molar-refractivity contribution in [2.45, 2.75) is 51.2 Å². The molecule has 1 heterocycles. The highest BCUT2D eigenvalue weighted by Gasteiger charge is 2.32. The second-order valence-corrected chi connectivity index (χ2v) is 5.87. The molecule has 2 aliphatic rings. The summed E-state index contributed by atoms with van der Waals surface area (Å²) in [5.74, 6) is 0. The molecule has 0 aromatic heterocycles. The van der Waals surface area contributed by atoms with Crippen LogP contribution in [-0.4, -0.2) is 30.1 Å². The number of nitrogens with one attached hydrogen (secondary N) is 1. The van der Waals surface area contributed by atoms with E-state index in [1.165, 1.54) is 43.4 Å². The molecule has 2 heteroatoms. The van der Waals surface area contributed by atoms with Crippen molar-refractivity contribution < 1.29 is 0 Å². The van der Waals surface area contributed by atoms with Crippen LogP contribution in [0.15, 0.2) is 24.3 Å². The van der Waals surface area contributed by atoms with E-state index in [4.69, 9.17) is 0 Å². The second-order valence-electron chi connectivity index (χ2n) is 5.87. The van der Waals surface area contributed by atoms with E-state index in [0.717, 1.165) is 25.2 Å². The molecule has 0 spiro atoms. The number of fused-ring (bicyclic) bond motifs is 1. The first-order valence-corrected chi connectivity index (χ1v) is 7.36. The number of piperazine rings is 1. The molecule has 1 aromatic rings. The summed E-state index contributed by atoms with van der Waals surface area (Å²) >= 11 is 0. The molecule has 2 nitrogen and oxygen atoms in total. The Hall–Kier alpha value is -0.860. The fourth-order valence-electron chi connectivity index (χ4n) is 3.47. The van der Waals surface area contributed by atoms with Crippen molar-refractivity contribution in [1.82, 2.24) is 10.2 Å². The van der Waals surface area contributed by atoms with Gasteiger partial charge in [-0.3, -0.25) is 4.90 Å². The molecule has 0 amide bonds. The summed E-state index contributed by atoms with van der Waals surface area (Å²) in [6.07, 6.45) is 5.57. The lowest BCUT2D eigenvalue weighted by Crippen LogP contribution is -2.58. The van der Waals surface area contributed by atoms with Gasteiger partial charge in [-0.15, -0.1) is 0 Å². The van der Waals surface area contributed by atoms with Gasteiger partial charge in [0.25, 0.3) is 0 Å². The maximum Gasteiger partial charge on any atom is 0.0253 e. The smallest absolute Gasteiger partial charge is 0.0253 e. The first-order chi connectivity index (χ1) is 8.83. The summed E-state index contributed by atoms with van der Waals surface area (Å²) in [5, 5.41) is 3.70. The largest absolute Gasteiger partial charge is 0.311 e. The normalized spacial score (nSPS) is 28.9. The first-order valence-electron chi connectivity index (χ1n) is 7.36. The molecule has 3 rings (SSSR count). The standard InChI is InChI=1S/C16H24N2/c1-13-6-8-14(9-7-13)12-18-11-10-17-15-4-2-3-5-16(15)18/h6-9,15-17H,2-5,10-12H2,1H3. The monoisotopic (exact) mass is 244 g/mol. The van der Waals surface area contributed by atoms with Crippen LogP contribution in [0, 0.1) is 6.92 Å². The molecule has 2 fully saturated rings. The van der Waals surface area contributed by atoms with Gasteiger partial charge < -0.3 is 5.32 Å². The number of nitrogens with zero attached hydrogens (tertiary/aromatic N) is 1. The summed E-state index contributed by atoms with van der Waals surface area (Å²) in [7, 11) is 0. The van der Waals surface area contributed by atoms with Gasteiger partial charge in [-0.2, -0.15) is 0 Å². The number of aryl methyl sites for hydroxylation is 1. The molecule has 1 saturated heterocycles. The first kappa shape index (κ1) is 12.2. The molecule has 0 radical (unpaired) electrons. The van der Waals surface area contributed by atoms with E-state index in [-0.39, 0.29) is 0 Å². The number of hydrogen-bond acceptors (Lipinski definition) is 2. The zero-order valence-corrected chi connectivity index (χ0v) is 11.4. The van der Waals surface area contributed by atoms with Crippen LogP contribution in [0.2, 0.25) is 0 Å². The fraction of sp³-hybridized carbons (Fsp3) is 0.625. The van der Waals surface area contributed by atoms with Gasteiger partial charge in [-0.25, -0.2) is 0 Å². The average Bonchev–Trinajstić information content (AvgIpc) is 2.42. The number of rotatable bonds is 2. The summed E-state index contributed by atoms with van der Waals surface area (Å²) in [6, 6.07) is 10.6. The van der Waals surface area contributed by atoms with E-state index >= 15 is 0 Å². The third kappa shape index (κ3) is 2.60. The molecule has 98 valence electrons. The van der Waals surface area contributed by atoms with E-state index in [9.17, 15) is 0 Å². The van der Waals surface area contributed by atoms with Gasteiger partial charge in [0.1, 0.15) is 0 Å². The lowest BCUT2D eigenvalue weighted by atomic mass is 9.87. The molecule has 2 atom stereocenters. The van der Waals surface area contributed by atoms with Crippen molar-refractivity contribution in [1.29, 1.82) is 0 Å². The van der Waals surface area contributed by atoms with Crippen molar-refractivity contribution in [2.24, 2.45) is 0 Å². The molecule has 1 saturated carbocycles. The lowest BCUT2D eigenvalue weighted by Gasteiger charge is -2.44. The quantitative estimate of drug-likeness (QED) is 0.860. The molecule has 2 unspecified atom stereocenters. The van der Waals surface area contributed by atoms with Crippen molar-refractivity contribution in [3.05, 3.63) is 35.4 Å². The molecule has 1 aliphatic carbocycles. The van der Waals surface area contributed by atoms with E-state index < -0.39 is 0 Å². The van der Waals surface area contributed by atoms with Crippen molar-refractivity contribution in [3.63, 3.8) is 0 Å². The highest BCUT2D eigenvalue weighted by Crippen LogP contribution is 2.26. The van der Waals surface area contributed by atoms with Gasteiger partial charge >= 0.3 is 0 Å².